The first kappa shape index (κ1) is 14.9. The molecule has 3 rings (SSSR count). The Kier molecular flexibility index (Phi) is 4.59. The van der Waals surface area contributed by atoms with Crippen molar-refractivity contribution in [3.63, 3.8) is 0 Å². The van der Waals surface area contributed by atoms with Gasteiger partial charge in [-0.05, 0) is 49.6 Å². The molecule has 114 valence electrons. The van der Waals surface area contributed by atoms with Gasteiger partial charge in [-0.1, -0.05) is 11.6 Å². The first-order valence-electron chi connectivity index (χ1n) is 7.50. The smallest absolute Gasteiger partial charge is 0.257 e. The summed E-state index contributed by atoms with van der Waals surface area (Å²) in [6.07, 6.45) is 6.88. The quantitative estimate of drug-likeness (QED) is 0.932. The number of piperidine rings is 1. The van der Waals surface area contributed by atoms with Gasteiger partial charge < -0.3 is 10.2 Å². The maximum Gasteiger partial charge on any atom is 0.257 e. The van der Waals surface area contributed by atoms with E-state index in [1.807, 2.05) is 18.2 Å². The summed E-state index contributed by atoms with van der Waals surface area (Å²) in [6.45, 7) is 2.11. The molecule has 1 saturated heterocycles. The van der Waals surface area contributed by atoms with Crippen LogP contribution in [0.25, 0.3) is 0 Å². The largest absolute Gasteiger partial charge is 0.371 e. The van der Waals surface area contributed by atoms with E-state index < -0.39 is 0 Å². The molecule has 1 amide bonds. The molecule has 1 aromatic carbocycles. The zero-order valence-electron chi connectivity index (χ0n) is 12.3. The zero-order chi connectivity index (χ0) is 15.4. The van der Waals surface area contributed by atoms with Crippen LogP contribution in [0.2, 0.25) is 5.02 Å². The molecule has 0 radical (unpaired) electrons. The Labute approximate surface area is 135 Å². The molecule has 2 heterocycles. The van der Waals surface area contributed by atoms with Crippen molar-refractivity contribution in [1.29, 1.82) is 0 Å². The number of carbonyl (C=O) groups is 1. The monoisotopic (exact) mass is 315 g/mol. The van der Waals surface area contributed by atoms with Crippen LogP contribution in [0, 0.1) is 0 Å². The van der Waals surface area contributed by atoms with E-state index >= 15 is 0 Å². The number of hydrogen-bond donors (Lipinski definition) is 1. The molecular weight excluding hydrogens is 298 g/mol. The number of rotatable bonds is 3. The van der Waals surface area contributed by atoms with Crippen LogP contribution >= 0.6 is 11.6 Å². The molecule has 1 fully saturated rings. The Morgan fingerprint density at radius 3 is 2.73 bits per heavy atom. The van der Waals surface area contributed by atoms with Gasteiger partial charge in [0.15, 0.2) is 0 Å². The Bertz CT molecular complexity index is 654. The van der Waals surface area contributed by atoms with Crippen molar-refractivity contribution in [1.82, 2.24) is 4.98 Å². The standard InChI is InChI=1S/C17H18ClN3O/c18-15-7-6-14(21-9-2-1-3-10-21)11-16(15)20-17(22)13-5-4-8-19-12-13/h4-8,11-12H,1-3,9-10H2,(H,20,22). The molecule has 0 bridgehead atoms. The molecule has 0 unspecified atom stereocenters. The van der Waals surface area contributed by atoms with Gasteiger partial charge in [0.05, 0.1) is 16.3 Å². The molecule has 1 aliphatic heterocycles. The summed E-state index contributed by atoms with van der Waals surface area (Å²) in [4.78, 5) is 18.5. The van der Waals surface area contributed by atoms with E-state index in [-0.39, 0.29) is 5.91 Å². The van der Waals surface area contributed by atoms with Gasteiger partial charge in [-0.15, -0.1) is 0 Å². The van der Waals surface area contributed by atoms with Crippen LogP contribution < -0.4 is 10.2 Å². The molecule has 0 aliphatic carbocycles. The van der Waals surface area contributed by atoms with Crippen molar-refractivity contribution >= 4 is 28.9 Å². The maximum absolute atomic E-state index is 12.2. The van der Waals surface area contributed by atoms with Crippen LogP contribution in [0.15, 0.2) is 42.7 Å². The van der Waals surface area contributed by atoms with Crippen LogP contribution in [0.5, 0.6) is 0 Å². The number of halogens is 1. The first-order valence-corrected chi connectivity index (χ1v) is 7.88. The number of nitrogens with one attached hydrogen (secondary N) is 1. The fraction of sp³-hybridized carbons (Fsp3) is 0.294. The number of hydrogen-bond acceptors (Lipinski definition) is 3. The molecule has 22 heavy (non-hydrogen) atoms. The van der Waals surface area contributed by atoms with Crippen molar-refractivity contribution in [2.45, 2.75) is 19.3 Å². The molecule has 1 aliphatic rings. The van der Waals surface area contributed by atoms with Gasteiger partial charge in [0.2, 0.25) is 0 Å². The van der Waals surface area contributed by atoms with E-state index in [0.717, 1.165) is 18.8 Å². The van der Waals surface area contributed by atoms with E-state index in [2.05, 4.69) is 15.2 Å². The lowest BCUT2D eigenvalue weighted by Gasteiger charge is -2.29. The third-order valence-electron chi connectivity index (χ3n) is 3.84. The average Bonchev–Trinajstić information content (AvgIpc) is 2.58. The second kappa shape index (κ2) is 6.79. The molecule has 1 aromatic heterocycles. The molecule has 0 saturated carbocycles. The highest BCUT2D eigenvalue weighted by Crippen LogP contribution is 2.29. The molecule has 5 heteroatoms. The number of pyridine rings is 1. The normalized spacial score (nSPS) is 14.7. The Hall–Kier alpha value is -2.07. The van der Waals surface area contributed by atoms with Crippen molar-refractivity contribution in [3.05, 3.63) is 53.3 Å². The van der Waals surface area contributed by atoms with Crippen molar-refractivity contribution < 1.29 is 4.79 Å². The van der Waals surface area contributed by atoms with E-state index in [1.54, 1.807) is 18.3 Å². The molecule has 2 aromatic rings. The van der Waals surface area contributed by atoms with Gasteiger partial charge in [0.25, 0.3) is 5.91 Å². The SMILES string of the molecule is O=C(Nc1cc(N2CCCCC2)ccc1Cl)c1cccnc1. The highest BCUT2D eigenvalue weighted by molar-refractivity contribution is 6.34. The van der Waals surface area contributed by atoms with Crippen LogP contribution in [0.3, 0.4) is 0 Å². The number of carbonyl (C=O) groups excluding carboxylic acids is 1. The second-order valence-electron chi connectivity index (χ2n) is 5.41. The van der Waals surface area contributed by atoms with E-state index in [9.17, 15) is 4.79 Å². The molecule has 1 N–H and O–H groups in total. The third-order valence-corrected chi connectivity index (χ3v) is 4.17. The fourth-order valence-corrected chi connectivity index (χ4v) is 2.81. The topological polar surface area (TPSA) is 45.2 Å². The summed E-state index contributed by atoms with van der Waals surface area (Å²) < 4.78 is 0. The fourth-order valence-electron chi connectivity index (χ4n) is 2.65. The lowest BCUT2D eigenvalue weighted by atomic mass is 10.1. The minimum absolute atomic E-state index is 0.203. The van der Waals surface area contributed by atoms with Crippen molar-refractivity contribution in [3.8, 4) is 0 Å². The van der Waals surface area contributed by atoms with Gasteiger partial charge in [-0.2, -0.15) is 0 Å². The predicted molar refractivity (Wildman–Crippen MR) is 89.7 cm³/mol. The summed E-state index contributed by atoms with van der Waals surface area (Å²) >= 11 is 6.22. The Morgan fingerprint density at radius 2 is 2.00 bits per heavy atom. The lowest BCUT2D eigenvalue weighted by molar-refractivity contribution is 0.102. The van der Waals surface area contributed by atoms with Gasteiger partial charge in [-0.25, -0.2) is 0 Å². The summed E-state index contributed by atoms with van der Waals surface area (Å²) in [5.74, 6) is -0.203. The molecule has 0 spiro atoms. The Morgan fingerprint density at radius 1 is 1.18 bits per heavy atom. The highest BCUT2D eigenvalue weighted by atomic mass is 35.5. The number of anilines is 2. The first-order chi connectivity index (χ1) is 10.7. The summed E-state index contributed by atoms with van der Waals surface area (Å²) in [6, 6.07) is 9.26. The third kappa shape index (κ3) is 3.39. The van der Waals surface area contributed by atoms with Crippen LogP contribution in [-0.4, -0.2) is 24.0 Å². The number of nitrogens with zero attached hydrogens (tertiary/aromatic N) is 2. The van der Waals surface area contributed by atoms with Crippen LogP contribution in [0.1, 0.15) is 29.6 Å². The van der Waals surface area contributed by atoms with Crippen LogP contribution in [-0.2, 0) is 0 Å². The van der Waals surface area contributed by atoms with Gasteiger partial charge in [0.1, 0.15) is 0 Å². The van der Waals surface area contributed by atoms with E-state index in [1.165, 1.54) is 25.5 Å². The van der Waals surface area contributed by atoms with Gasteiger partial charge in [0, 0.05) is 31.2 Å². The highest BCUT2D eigenvalue weighted by Gasteiger charge is 2.14. The summed E-state index contributed by atoms with van der Waals surface area (Å²) in [5.41, 5.74) is 2.26. The summed E-state index contributed by atoms with van der Waals surface area (Å²) in [5, 5.41) is 3.41. The molecular formula is C17H18ClN3O. The van der Waals surface area contributed by atoms with Gasteiger partial charge in [-0.3, -0.25) is 9.78 Å². The van der Waals surface area contributed by atoms with Crippen LogP contribution in [0.4, 0.5) is 11.4 Å². The predicted octanol–water partition coefficient (Wildman–Crippen LogP) is 3.98. The van der Waals surface area contributed by atoms with E-state index in [4.69, 9.17) is 11.6 Å². The maximum atomic E-state index is 12.2. The molecule has 4 nitrogen and oxygen atoms in total. The average molecular weight is 316 g/mol. The Balaban J connectivity index is 1.79. The summed E-state index contributed by atoms with van der Waals surface area (Å²) in [7, 11) is 0. The minimum Gasteiger partial charge on any atom is -0.371 e. The van der Waals surface area contributed by atoms with E-state index in [0.29, 0.717) is 16.3 Å². The van der Waals surface area contributed by atoms with Gasteiger partial charge >= 0.3 is 0 Å². The van der Waals surface area contributed by atoms with Crippen molar-refractivity contribution in [2.24, 2.45) is 0 Å². The number of aromatic nitrogens is 1. The lowest BCUT2D eigenvalue weighted by Crippen LogP contribution is -2.29. The zero-order valence-corrected chi connectivity index (χ0v) is 13.0. The molecule has 0 atom stereocenters. The second-order valence-corrected chi connectivity index (χ2v) is 5.81. The van der Waals surface area contributed by atoms with Crippen molar-refractivity contribution in [2.75, 3.05) is 23.3 Å². The number of amides is 1. The number of benzene rings is 1. The minimum atomic E-state index is -0.203.